The molecule has 1 amide bonds. The second kappa shape index (κ2) is 8.31. The molecule has 7 heteroatoms. The minimum atomic E-state index is -3.71. The van der Waals surface area contributed by atoms with Gasteiger partial charge in [0.2, 0.25) is 15.9 Å². The summed E-state index contributed by atoms with van der Waals surface area (Å²) in [6.07, 6.45) is 0.861. The number of sulfonamides is 1. The molecule has 0 aliphatic carbocycles. The molecular formula is C16H26N2O4S. The van der Waals surface area contributed by atoms with E-state index >= 15 is 0 Å². The van der Waals surface area contributed by atoms with E-state index in [1.54, 1.807) is 19.1 Å². The Bertz CT molecular complexity index is 641. The maximum Gasteiger partial charge on any atom is 0.243 e. The fraction of sp³-hybridized carbons (Fsp3) is 0.562. The molecule has 23 heavy (non-hydrogen) atoms. The number of benzene rings is 1. The van der Waals surface area contributed by atoms with Crippen molar-refractivity contribution >= 4 is 15.9 Å². The highest BCUT2D eigenvalue weighted by molar-refractivity contribution is 7.89. The van der Waals surface area contributed by atoms with Crippen LogP contribution in [0.25, 0.3) is 0 Å². The van der Waals surface area contributed by atoms with Crippen LogP contribution in [0.1, 0.15) is 25.8 Å². The second-order valence-electron chi connectivity index (χ2n) is 5.92. The third-order valence-corrected chi connectivity index (χ3v) is 5.28. The fourth-order valence-electron chi connectivity index (χ4n) is 2.03. The van der Waals surface area contributed by atoms with Crippen molar-refractivity contribution in [1.29, 1.82) is 0 Å². The monoisotopic (exact) mass is 342 g/mol. The molecule has 0 bridgehead atoms. The SMILES string of the molecule is COc1ccc(S(=O)(=O)N(C)CC(=O)NCCC(C)C)cc1C. The van der Waals surface area contributed by atoms with E-state index in [-0.39, 0.29) is 17.3 Å². The van der Waals surface area contributed by atoms with Gasteiger partial charge in [-0.2, -0.15) is 4.31 Å². The van der Waals surface area contributed by atoms with Gasteiger partial charge in [0.05, 0.1) is 18.6 Å². The van der Waals surface area contributed by atoms with Crippen LogP contribution >= 0.6 is 0 Å². The summed E-state index contributed by atoms with van der Waals surface area (Å²) in [5, 5.41) is 2.73. The lowest BCUT2D eigenvalue weighted by Crippen LogP contribution is -2.38. The van der Waals surface area contributed by atoms with Gasteiger partial charge in [-0.15, -0.1) is 0 Å². The third-order valence-electron chi connectivity index (χ3n) is 3.48. The highest BCUT2D eigenvalue weighted by Gasteiger charge is 2.23. The van der Waals surface area contributed by atoms with Gasteiger partial charge < -0.3 is 10.1 Å². The molecule has 0 saturated carbocycles. The number of ether oxygens (including phenoxy) is 1. The van der Waals surface area contributed by atoms with E-state index in [1.165, 1.54) is 20.2 Å². The zero-order chi connectivity index (χ0) is 17.6. The van der Waals surface area contributed by atoms with Gasteiger partial charge in [0.15, 0.2) is 0 Å². The first-order valence-corrected chi connectivity index (χ1v) is 9.00. The summed E-state index contributed by atoms with van der Waals surface area (Å²) in [5.74, 6) is 0.805. The number of nitrogens with zero attached hydrogens (tertiary/aromatic N) is 1. The van der Waals surface area contributed by atoms with Gasteiger partial charge in [-0.3, -0.25) is 4.79 Å². The van der Waals surface area contributed by atoms with Gasteiger partial charge in [0, 0.05) is 13.6 Å². The number of methoxy groups -OCH3 is 1. The maximum absolute atomic E-state index is 12.5. The Kier molecular flexibility index (Phi) is 7.02. The average Bonchev–Trinajstić information content (AvgIpc) is 2.46. The quantitative estimate of drug-likeness (QED) is 0.781. The average molecular weight is 342 g/mol. The van der Waals surface area contributed by atoms with Crippen LogP contribution in [-0.2, 0) is 14.8 Å². The molecule has 0 aliphatic rings. The Labute approximate surface area is 138 Å². The molecule has 1 aromatic carbocycles. The predicted molar refractivity (Wildman–Crippen MR) is 90.0 cm³/mol. The summed E-state index contributed by atoms with van der Waals surface area (Å²) < 4.78 is 31.2. The van der Waals surface area contributed by atoms with E-state index < -0.39 is 10.0 Å². The lowest BCUT2D eigenvalue weighted by molar-refractivity contribution is -0.121. The van der Waals surface area contributed by atoms with E-state index in [1.807, 2.05) is 0 Å². The number of amides is 1. The number of nitrogens with one attached hydrogen (secondary N) is 1. The molecule has 0 radical (unpaired) electrons. The topological polar surface area (TPSA) is 75.7 Å². The zero-order valence-corrected chi connectivity index (χ0v) is 15.2. The minimum Gasteiger partial charge on any atom is -0.496 e. The van der Waals surface area contributed by atoms with E-state index in [2.05, 4.69) is 19.2 Å². The molecule has 130 valence electrons. The molecule has 6 nitrogen and oxygen atoms in total. The first-order chi connectivity index (χ1) is 10.7. The first kappa shape index (κ1) is 19.4. The van der Waals surface area contributed by atoms with Gasteiger partial charge >= 0.3 is 0 Å². The van der Waals surface area contributed by atoms with Crippen molar-refractivity contribution in [1.82, 2.24) is 9.62 Å². The van der Waals surface area contributed by atoms with Crippen molar-refractivity contribution in [3.05, 3.63) is 23.8 Å². The van der Waals surface area contributed by atoms with E-state index in [9.17, 15) is 13.2 Å². The second-order valence-corrected chi connectivity index (χ2v) is 7.97. The van der Waals surface area contributed by atoms with Gasteiger partial charge in [-0.05, 0) is 43.0 Å². The fourth-order valence-corrected chi connectivity index (χ4v) is 3.25. The largest absolute Gasteiger partial charge is 0.496 e. The Hall–Kier alpha value is -1.60. The summed E-state index contributed by atoms with van der Waals surface area (Å²) in [6, 6.07) is 4.63. The van der Waals surface area contributed by atoms with Crippen molar-refractivity contribution in [2.75, 3.05) is 27.2 Å². The molecule has 0 aliphatic heterocycles. The third kappa shape index (κ3) is 5.51. The van der Waals surface area contributed by atoms with Crippen LogP contribution < -0.4 is 10.1 Å². The highest BCUT2D eigenvalue weighted by Crippen LogP contribution is 2.23. The first-order valence-electron chi connectivity index (χ1n) is 7.56. The minimum absolute atomic E-state index is 0.147. The van der Waals surface area contributed by atoms with Crippen LogP contribution in [0.15, 0.2) is 23.1 Å². The summed E-state index contributed by atoms with van der Waals surface area (Å²) in [5.41, 5.74) is 0.725. The normalized spacial score (nSPS) is 11.8. The highest BCUT2D eigenvalue weighted by atomic mass is 32.2. The van der Waals surface area contributed by atoms with Crippen molar-refractivity contribution in [3.63, 3.8) is 0 Å². The van der Waals surface area contributed by atoms with E-state index in [4.69, 9.17) is 4.74 Å². The molecule has 0 spiro atoms. The smallest absolute Gasteiger partial charge is 0.243 e. The molecule has 0 unspecified atom stereocenters. The van der Waals surface area contributed by atoms with Crippen LogP contribution in [0, 0.1) is 12.8 Å². The molecule has 0 aromatic heterocycles. The number of aryl methyl sites for hydroxylation is 1. The van der Waals surface area contributed by atoms with Crippen molar-refractivity contribution < 1.29 is 17.9 Å². The Balaban J connectivity index is 2.75. The van der Waals surface area contributed by atoms with Crippen molar-refractivity contribution in [2.24, 2.45) is 5.92 Å². The molecule has 0 heterocycles. The zero-order valence-electron chi connectivity index (χ0n) is 14.4. The van der Waals surface area contributed by atoms with Gasteiger partial charge in [0.25, 0.3) is 0 Å². The number of carbonyl (C=O) groups excluding carboxylic acids is 1. The Morgan fingerprint density at radius 3 is 2.52 bits per heavy atom. The molecule has 1 N–H and O–H groups in total. The Morgan fingerprint density at radius 1 is 1.35 bits per heavy atom. The summed E-state index contributed by atoms with van der Waals surface area (Å²) in [6.45, 7) is 6.25. The van der Waals surface area contributed by atoms with Crippen LogP contribution in [0.2, 0.25) is 0 Å². The van der Waals surface area contributed by atoms with Crippen LogP contribution in [0.3, 0.4) is 0 Å². The van der Waals surface area contributed by atoms with Crippen molar-refractivity contribution in [2.45, 2.75) is 32.1 Å². The maximum atomic E-state index is 12.5. The predicted octanol–water partition coefficient (Wildman–Crippen LogP) is 1.79. The van der Waals surface area contributed by atoms with Gasteiger partial charge in [-0.25, -0.2) is 8.42 Å². The van der Waals surface area contributed by atoms with Gasteiger partial charge in [0.1, 0.15) is 5.75 Å². The van der Waals surface area contributed by atoms with E-state index in [0.717, 1.165) is 16.3 Å². The summed E-state index contributed by atoms with van der Waals surface area (Å²) >= 11 is 0. The lowest BCUT2D eigenvalue weighted by Gasteiger charge is -2.18. The number of hydrogen-bond acceptors (Lipinski definition) is 4. The summed E-state index contributed by atoms with van der Waals surface area (Å²) in [7, 11) is -0.774. The summed E-state index contributed by atoms with van der Waals surface area (Å²) in [4.78, 5) is 12.0. The molecule has 0 fully saturated rings. The van der Waals surface area contributed by atoms with Crippen LogP contribution in [0.4, 0.5) is 0 Å². The molecular weight excluding hydrogens is 316 g/mol. The number of rotatable bonds is 8. The van der Waals surface area contributed by atoms with Crippen LogP contribution in [-0.4, -0.2) is 45.9 Å². The molecule has 0 atom stereocenters. The molecule has 0 saturated heterocycles. The molecule has 1 rings (SSSR count). The lowest BCUT2D eigenvalue weighted by atomic mass is 10.1. The van der Waals surface area contributed by atoms with Crippen molar-refractivity contribution in [3.8, 4) is 5.75 Å². The van der Waals surface area contributed by atoms with Crippen LogP contribution in [0.5, 0.6) is 5.75 Å². The number of carbonyl (C=O) groups is 1. The number of likely N-dealkylation sites (N-methyl/N-ethyl adjacent to an activating group) is 1. The van der Waals surface area contributed by atoms with E-state index in [0.29, 0.717) is 18.2 Å². The van der Waals surface area contributed by atoms with Gasteiger partial charge in [-0.1, -0.05) is 13.8 Å². The molecule has 1 aromatic rings. The number of hydrogen-bond donors (Lipinski definition) is 1. The Morgan fingerprint density at radius 2 is 2.00 bits per heavy atom. The standard InChI is InChI=1S/C16H26N2O4S/c1-12(2)8-9-17-16(19)11-18(4)23(20,21)14-6-7-15(22-5)13(3)10-14/h6-7,10,12H,8-9,11H2,1-5H3,(H,17,19).